The molecule has 0 aromatic rings. The average molecular weight is 186 g/mol. The van der Waals surface area contributed by atoms with E-state index in [2.05, 4.69) is 0 Å². The molecule has 4 heteroatoms. The lowest BCUT2D eigenvalue weighted by molar-refractivity contribution is -0.153. The van der Waals surface area contributed by atoms with Gasteiger partial charge < -0.3 is 14.6 Å². The molecule has 1 heterocycles. The maximum absolute atomic E-state index is 11.1. The Labute approximate surface area is 76.8 Å². The predicted molar refractivity (Wildman–Crippen MR) is 44.1 cm³/mol. The van der Waals surface area contributed by atoms with Gasteiger partial charge in [0.15, 0.2) is 5.79 Å². The number of ether oxygens (including phenoxy) is 2. The van der Waals surface area contributed by atoms with Gasteiger partial charge >= 0.3 is 0 Å². The third-order valence-electron chi connectivity index (χ3n) is 2.47. The molecule has 0 bridgehead atoms. The minimum absolute atomic E-state index is 0.0510. The largest absolute Gasteiger partial charge is 0.390 e. The van der Waals surface area contributed by atoms with E-state index in [1.165, 1.54) is 0 Å². The van der Waals surface area contributed by atoms with Crippen molar-refractivity contribution in [3.8, 4) is 0 Å². The van der Waals surface area contributed by atoms with Crippen LogP contribution in [0.1, 0.15) is 26.7 Å². The summed E-state index contributed by atoms with van der Waals surface area (Å²) < 4.78 is 11.0. The molecule has 4 nitrogen and oxygen atoms in total. The third kappa shape index (κ3) is 1.61. The molecular weight excluding hydrogens is 172 g/mol. The van der Waals surface area contributed by atoms with E-state index >= 15 is 0 Å². The van der Waals surface area contributed by atoms with Gasteiger partial charge in [0.1, 0.15) is 11.9 Å². The number of rotatable bonds is 0. The zero-order chi connectivity index (χ0) is 9.64. The van der Waals surface area contributed by atoms with Gasteiger partial charge in [-0.15, -0.1) is 0 Å². The number of hydrogen-bond acceptors (Lipinski definition) is 4. The van der Waals surface area contributed by atoms with E-state index in [9.17, 15) is 9.90 Å². The molecule has 1 aliphatic carbocycles. The number of aliphatic hydroxyl groups is 1. The Morgan fingerprint density at radius 3 is 2.77 bits per heavy atom. The summed E-state index contributed by atoms with van der Waals surface area (Å²) in [6, 6.07) is 0. The number of carbonyl (C=O) groups excluding carboxylic acids is 1. The van der Waals surface area contributed by atoms with E-state index in [1.807, 2.05) is 0 Å². The van der Waals surface area contributed by atoms with E-state index in [0.717, 1.165) is 0 Å². The zero-order valence-corrected chi connectivity index (χ0v) is 7.82. The fourth-order valence-electron chi connectivity index (χ4n) is 2.00. The van der Waals surface area contributed by atoms with Gasteiger partial charge in [-0.2, -0.15) is 0 Å². The van der Waals surface area contributed by atoms with Crippen molar-refractivity contribution >= 4 is 5.78 Å². The van der Waals surface area contributed by atoms with Gasteiger partial charge in [0, 0.05) is 12.8 Å². The Balaban J connectivity index is 2.14. The van der Waals surface area contributed by atoms with Gasteiger partial charge in [0.25, 0.3) is 0 Å². The summed E-state index contributed by atoms with van der Waals surface area (Å²) in [5.41, 5.74) is 0. The van der Waals surface area contributed by atoms with Crippen LogP contribution >= 0.6 is 0 Å². The van der Waals surface area contributed by atoms with Gasteiger partial charge in [0.2, 0.25) is 0 Å². The Bertz CT molecular complexity index is 236. The van der Waals surface area contributed by atoms with Crippen molar-refractivity contribution in [1.29, 1.82) is 0 Å². The molecule has 2 rings (SSSR count). The Morgan fingerprint density at radius 1 is 1.38 bits per heavy atom. The molecule has 3 atom stereocenters. The van der Waals surface area contributed by atoms with Crippen molar-refractivity contribution < 1.29 is 19.4 Å². The molecule has 0 aromatic carbocycles. The maximum atomic E-state index is 11.1. The van der Waals surface area contributed by atoms with Crippen LogP contribution in [-0.2, 0) is 14.3 Å². The van der Waals surface area contributed by atoms with Crippen LogP contribution in [0.2, 0.25) is 0 Å². The fraction of sp³-hybridized carbons (Fsp3) is 0.889. The molecule has 2 unspecified atom stereocenters. The number of hydrogen-bond donors (Lipinski definition) is 1. The van der Waals surface area contributed by atoms with E-state index in [1.54, 1.807) is 13.8 Å². The topological polar surface area (TPSA) is 55.8 Å². The molecule has 0 amide bonds. The normalized spacial score (nSPS) is 43.3. The summed E-state index contributed by atoms with van der Waals surface area (Å²) >= 11 is 0. The second-order valence-electron chi connectivity index (χ2n) is 4.15. The summed E-state index contributed by atoms with van der Waals surface area (Å²) in [4.78, 5) is 11.1. The lowest BCUT2D eigenvalue weighted by Crippen LogP contribution is -2.42. The SMILES string of the molecule is CC1(C)OC2CC(=O)C[C@@H](O)C2O1. The van der Waals surface area contributed by atoms with E-state index in [0.29, 0.717) is 6.42 Å². The van der Waals surface area contributed by atoms with E-state index in [4.69, 9.17) is 9.47 Å². The molecule has 2 aliphatic rings. The molecule has 1 N–H and O–H groups in total. The van der Waals surface area contributed by atoms with E-state index in [-0.39, 0.29) is 24.4 Å². The molecule has 0 aromatic heterocycles. The highest BCUT2D eigenvalue weighted by Gasteiger charge is 2.48. The fourth-order valence-corrected chi connectivity index (χ4v) is 2.00. The van der Waals surface area contributed by atoms with Crippen molar-refractivity contribution in [2.75, 3.05) is 0 Å². The molecule has 1 saturated carbocycles. The lowest BCUT2D eigenvalue weighted by atomic mass is 9.91. The number of ketones is 1. The standard InChI is InChI=1S/C9H14O4/c1-9(2)12-7-4-5(10)3-6(11)8(7)13-9/h6-8,11H,3-4H2,1-2H3/t6-,7?,8?/m1/s1. The second kappa shape index (κ2) is 2.77. The van der Waals surface area contributed by atoms with Crippen molar-refractivity contribution in [3.05, 3.63) is 0 Å². The van der Waals surface area contributed by atoms with Crippen molar-refractivity contribution in [2.24, 2.45) is 0 Å². The minimum Gasteiger partial charge on any atom is -0.390 e. The summed E-state index contributed by atoms with van der Waals surface area (Å²) in [5.74, 6) is -0.615. The summed E-state index contributed by atoms with van der Waals surface area (Å²) in [5, 5.41) is 9.56. The average Bonchev–Trinajstić information content (AvgIpc) is 2.23. The highest BCUT2D eigenvalue weighted by molar-refractivity contribution is 5.80. The predicted octanol–water partition coefficient (Wildman–Crippen LogP) is 0.230. The molecule has 0 radical (unpaired) electrons. The van der Waals surface area contributed by atoms with Crippen LogP contribution in [0.3, 0.4) is 0 Å². The van der Waals surface area contributed by atoms with Crippen LogP contribution in [-0.4, -0.2) is 35.0 Å². The number of aliphatic hydroxyl groups excluding tert-OH is 1. The first-order valence-corrected chi connectivity index (χ1v) is 4.53. The van der Waals surface area contributed by atoms with Gasteiger partial charge in [-0.25, -0.2) is 0 Å². The molecule has 13 heavy (non-hydrogen) atoms. The molecule has 0 spiro atoms. The third-order valence-corrected chi connectivity index (χ3v) is 2.47. The van der Waals surface area contributed by atoms with Crippen LogP contribution < -0.4 is 0 Å². The number of Topliss-reactive ketones (excluding diaryl/α,β-unsaturated/α-hetero) is 1. The van der Waals surface area contributed by atoms with Gasteiger partial charge in [-0.05, 0) is 13.8 Å². The zero-order valence-electron chi connectivity index (χ0n) is 7.82. The minimum atomic E-state index is -0.701. The Hall–Kier alpha value is -0.450. The molecular formula is C9H14O4. The Kier molecular flexibility index (Phi) is 1.94. The maximum Gasteiger partial charge on any atom is 0.163 e. The van der Waals surface area contributed by atoms with Crippen molar-refractivity contribution in [3.63, 3.8) is 0 Å². The molecule has 1 aliphatic heterocycles. The monoisotopic (exact) mass is 186 g/mol. The molecule has 74 valence electrons. The van der Waals surface area contributed by atoms with Crippen LogP contribution in [0.15, 0.2) is 0 Å². The first kappa shape index (κ1) is 9.12. The quantitative estimate of drug-likeness (QED) is 0.588. The second-order valence-corrected chi connectivity index (χ2v) is 4.15. The van der Waals surface area contributed by atoms with Gasteiger partial charge in [-0.1, -0.05) is 0 Å². The van der Waals surface area contributed by atoms with E-state index < -0.39 is 11.9 Å². The molecule has 2 fully saturated rings. The summed E-state index contributed by atoms with van der Waals surface area (Å²) in [6.45, 7) is 3.59. The van der Waals surface area contributed by atoms with Crippen LogP contribution in [0, 0.1) is 0 Å². The molecule has 1 saturated heterocycles. The highest BCUT2D eigenvalue weighted by Crippen LogP contribution is 2.35. The van der Waals surface area contributed by atoms with Gasteiger partial charge in [-0.3, -0.25) is 4.79 Å². The lowest BCUT2D eigenvalue weighted by Gasteiger charge is -2.26. The highest BCUT2D eigenvalue weighted by atomic mass is 16.8. The van der Waals surface area contributed by atoms with Crippen LogP contribution in [0.4, 0.5) is 0 Å². The number of fused-ring (bicyclic) bond motifs is 1. The first-order valence-electron chi connectivity index (χ1n) is 4.53. The van der Waals surface area contributed by atoms with Gasteiger partial charge in [0.05, 0.1) is 12.2 Å². The van der Waals surface area contributed by atoms with Crippen LogP contribution in [0.5, 0.6) is 0 Å². The Morgan fingerprint density at radius 2 is 2.08 bits per heavy atom. The summed E-state index contributed by atoms with van der Waals surface area (Å²) in [6.07, 6.45) is -0.724. The smallest absolute Gasteiger partial charge is 0.163 e. The number of carbonyl (C=O) groups is 1. The van der Waals surface area contributed by atoms with Crippen molar-refractivity contribution in [2.45, 2.75) is 50.8 Å². The summed E-state index contributed by atoms with van der Waals surface area (Å²) in [7, 11) is 0. The van der Waals surface area contributed by atoms with Crippen molar-refractivity contribution in [1.82, 2.24) is 0 Å². The van der Waals surface area contributed by atoms with Crippen LogP contribution in [0.25, 0.3) is 0 Å². The first-order chi connectivity index (χ1) is 5.98.